The van der Waals surface area contributed by atoms with E-state index in [2.05, 4.69) is 240 Å². The number of fused-ring (bicyclic) bond motifs is 9. The van der Waals surface area contributed by atoms with Crippen LogP contribution in [0.15, 0.2) is 231 Å². The second-order valence-corrected chi connectivity index (χ2v) is 20.2. The van der Waals surface area contributed by atoms with Crippen LogP contribution in [0.5, 0.6) is 0 Å². The molecule has 0 radical (unpaired) electrons. The zero-order chi connectivity index (χ0) is 41.5. The Labute approximate surface area is 365 Å². The van der Waals surface area contributed by atoms with Gasteiger partial charge in [-0.05, 0) is 64.1 Å². The molecule has 3 aromatic heterocycles. The van der Waals surface area contributed by atoms with E-state index in [0.717, 1.165) is 50.7 Å². The molecule has 63 heavy (non-hydrogen) atoms. The number of aromatic nitrogens is 4. The van der Waals surface area contributed by atoms with E-state index in [4.69, 9.17) is 9.97 Å². The third-order valence-electron chi connectivity index (χ3n) is 13.2. The summed E-state index contributed by atoms with van der Waals surface area (Å²) in [4.78, 5) is 11.2. The minimum Gasteiger partial charge on any atom is -0.309 e. The molecule has 1 aliphatic heterocycles. The normalized spacial score (nSPS) is 12.9. The van der Waals surface area contributed by atoms with Crippen LogP contribution in [0.4, 0.5) is 0 Å². The number of benzene rings is 9. The van der Waals surface area contributed by atoms with Gasteiger partial charge in [-0.25, -0.2) is 9.97 Å². The summed E-state index contributed by atoms with van der Waals surface area (Å²) in [7, 11) is -2.97. The Morgan fingerprint density at radius 1 is 0.333 bits per heavy atom. The van der Waals surface area contributed by atoms with Crippen LogP contribution in [0.2, 0.25) is 0 Å². The van der Waals surface area contributed by atoms with Gasteiger partial charge in [0.1, 0.15) is 0 Å². The van der Waals surface area contributed by atoms with Crippen molar-refractivity contribution in [2.75, 3.05) is 0 Å². The Balaban J connectivity index is 1.12. The number of hydrogen-bond donors (Lipinski definition) is 0. The molecule has 0 saturated carbocycles. The Hall–Kier alpha value is -8.12. The van der Waals surface area contributed by atoms with Crippen LogP contribution in [0.25, 0.3) is 88.9 Å². The number of hydrogen-bond acceptors (Lipinski definition) is 2. The monoisotopic (exact) mass is 818 g/mol. The molecule has 0 amide bonds. The maximum absolute atomic E-state index is 5.68. The van der Waals surface area contributed by atoms with Gasteiger partial charge in [-0.1, -0.05) is 182 Å². The Morgan fingerprint density at radius 3 is 1.48 bits per heavy atom. The van der Waals surface area contributed by atoms with Gasteiger partial charge in [0, 0.05) is 54.8 Å². The lowest BCUT2D eigenvalue weighted by Gasteiger charge is -2.32. The molecule has 12 aromatic rings. The van der Waals surface area contributed by atoms with E-state index in [0.29, 0.717) is 0 Å². The van der Waals surface area contributed by atoms with Crippen molar-refractivity contribution in [2.45, 2.75) is 0 Å². The fourth-order valence-electron chi connectivity index (χ4n) is 10.6. The quantitative estimate of drug-likeness (QED) is 0.157. The Kier molecular flexibility index (Phi) is 7.89. The van der Waals surface area contributed by atoms with Crippen LogP contribution < -0.4 is 20.7 Å². The van der Waals surface area contributed by atoms with Crippen LogP contribution in [0.3, 0.4) is 0 Å². The lowest BCUT2D eigenvalue weighted by molar-refractivity contribution is 1.16. The molecule has 5 heteroatoms. The maximum Gasteiger partial charge on any atom is 0.185 e. The van der Waals surface area contributed by atoms with E-state index in [-0.39, 0.29) is 0 Å². The minimum absolute atomic E-state index is 0.725. The fraction of sp³-hybridized carbons (Fsp3) is 0. The zero-order valence-electron chi connectivity index (χ0n) is 34.2. The van der Waals surface area contributed by atoms with E-state index in [9.17, 15) is 0 Å². The van der Waals surface area contributed by atoms with Crippen LogP contribution in [0.1, 0.15) is 0 Å². The number of para-hydroxylation sites is 3. The molecule has 0 atom stereocenters. The first-order valence-corrected chi connectivity index (χ1v) is 23.6. The van der Waals surface area contributed by atoms with E-state index < -0.39 is 8.07 Å². The van der Waals surface area contributed by atoms with E-state index in [1.165, 1.54) is 58.9 Å². The van der Waals surface area contributed by atoms with Crippen molar-refractivity contribution in [1.29, 1.82) is 0 Å². The molecule has 0 N–H and O–H groups in total. The first-order valence-electron chi connectivity index (χ1n) is 21.6. The first kappa shape index (κ1) is 35.6. The van der Waals surface area contributed by atoms with Crippen molar-refractivity contribution >= 4 is 72.4 Å². The highest BCUT2D eigenvalue weighted by atomic mass is 28.3. The van der Waals surface area contributed by atoms with Gasteiger partial charge in [0.05, 0.1) is 33.5 Å². The van der Waals surface area contributed by atoms with Gasteiger partial charge < -0.3 is 9.13 Å². The first-order chi connectivity index (χ1) is 31.3. The minimum atomic E-state index is -2.97. The molecule has 4 heterocycles. The van der Waals surface area contributed by atoms with Gasteiger partial charge >= 0.3 is 0 Å². The Morgan fingerprint density at radius 2 is 0.825 bits per heavy atom. The highest BCUT2D eigenvalue weighted by molar-refractivity contribution is 7.22. The van der Waals surface area contributed by atoms with E-state index in [1.54, 1.807) is 0 Å². The molecule has 0 spiro atoms. The SMILES string of the molecule is c1ccc(-c2nc(-c3cccc(-n4c5ccccc5c5cc6c7ccccc7n(-c7ccccc7)c6cc54)c3)c3c(n2)-c2ccccc2[Si]3(c2ccccc2)c2ccccc2)cc1. The van der Waals surface area contributed by atoms with Gasteiger partial charge in [-0.2, -0.15) is 0 Å². The Bertz CT molecular complexity index is 3690. The molecule has 294 valence electrons. The van der Waals surface area contributed by atoms with Gasteiger partial charge in [0.2, 0.25) is 0 Å². The molecule has 0 fully saturated rings. The van der Waals surface area contributed by atoms with Crippen LogP contribution in [0, 0.1) is 0 Å². The number of rotatable bonds is 6. The predicted octanol–water partition coefficient (Wildman–Crippen LogP) is 11.4. The third-order valence-corrected chi connectivity index (χ3v) is 18.0. The van der Waals surface area contributed by atoms with Crippen LogP contribution in [-0.4, -0.2) is 27.2 Å². The smallest absolute Gasteiger partial charge is 0.185 e. The van der Waals surface area contributed by atoms with Gasteiger partial charge in [-0.15, -0.1) is 0 Å². The topological polar surface area (TPSA) is 35.6 Å². The zero-order valence-corrected chi connectivity index (χ0v) is 35.2. The van der Waals surface area contributed by atoms with Crippen molar-refractivity contribution < 1.29 is 0 Å². The average Bonchev–Trinajstić information content (AvgIpc) is 3.98. The lowest BCUT2D eigenvalue weighted by atomic mass is 10.1. The average molecular weight is 819 g/mol. The van der Waals surface area contributed by atoms with E-state index >= 15 is 0 Å². The van der Waals surface area contributed by atoms with Crippen LogP contribution in [-0.2, 0) is 0 Å². The summed E-state index contributed by atoms with van der Waals surface area (Å²) < 4.78 is 4.86. The highest BCUT2D eigenvalue weighted by Crippen LogP contribution is 2.41. The maximum atomic E-state index is 5.68. The van der Waals surface area contributed by atoms with Crippen LogP contribution >= 0.6 is 0 Å². The van der Waals surface area contributed by atoms with Gasteiger partial charge in [-0.3, -0.25) is 0 Å². The molecule has 0 aliphatic carbocycles. The van der Waals surface area contributed by atoms with Gasteiger partial charge in [0.15, 0.2) is 13.9 Å². The molecule has 1 aliphatic rings. The summed E-state index contributed by atoms with van der Waals surface area (Å²) in [6, 6.07) is 83.9. The number of nitrogens with zero attached hydrogens (tertiary/aromatic N) is 4. The molecule has 4 nitrogen and oxygen atoms in total. The highest BCUT2D eigenvalue weighted by Gasteiger charge is 2.51. The molecular formula is C58H38N4Si. The predicted molar refractivity (Wildman–Crippen MR) is 264 cm³/mol. The second kappa shape index (κ2) is 14.0. The fourth-order valence-corrected chi connectivity index (χ4v) is 15.8. The third kappa shape index (κ3) is 5.21. The molecule has 9 aromatic carbocycles. The van der Waals surface area contributed by atoms with Crippen molar-refractivity contribution in [3.63, 3.8) is 0 Å². The summed E-state index contributed by atoms with van der Waals surface area (Å²) >= 11 is 0. The van der Waals surface area contributed by atoms with E-state index in [1.807, 2.05) is 0 Å². The van der Waals surface area contributed by atoms with Crippen molar-refractivity contribution in [2.24, 2.45) is 0 Å². The summed E-state index contributed by atoms with van der Waals surface area (Å²) in [6.07, 6.45) is 0. The molecule has 0 unspecified atom stereocenters. The summed E-state index contributed by atoms with van der Waals surface area (Å²) in [5.74, 6) is 0.725. The molecule has 0 saturated heterocycles. The van der Waals surface area contributed by atoms with Crippen molar-refractivity contribution in [3.05, 3.63) is 231 Å². The summed E-state index contributed by atoms with van der Waals surface area (Å²) in [5, 5.41) is 10.1. The summed E-state index contributed by atoms with van der Waals surface area (Å²) in [6.45, 7) is 0. The van der Waals surface area contributed by atoms with Gasteiger partial charge in [0.25, 0.3) is 0 Å². The second-order valence-electron chi connectivity index (χ2n) is 16.5. The largest absolute Gasteiger partial charge is 0.309 e. The van der Waals surface area contributed by atoms with Crippen molar-refractivity contribution in [1.82, 2.24) is 19.1 Å². The summed E-state index contributed by atoms with van der Waals surface area (Å²) in [5.41, 5.74) is 12.1. The molecular weight excluding hydrogens is 781 g/mol. The molecule has 0 bridgehead atoms. The standard InChI is InChI=1S/C58H38N4Si/c1-5-20-39(21-6-1)58-59-55(57-56(60-58)47-32-15-18-35-54(47)63(57,43-26-9-3-10-27-43)44-28-11-4-12-29-44)40-22-19-25-42(36-40)62-51-34-17-14-31-46(51)49-37-48-45-30-13-16-33-50(45)61(52(48)38-53(49)62)41-23-7-2-8-24-41/h1-38H. The van der Waals surface area contributed by atoms with Crippen molar-refractivity contribution in [3.8, 4) is 45.3 Å². The molecule has 13 rings (SSSR count). The lowest BCUT2D eigenvalue weighted by Crippen LogP contribution is -2.73.